The van der Waals surface area contributed by atoms with Gasteiger partial charge in [0, 0.05) is 18.9 Å². The number of carboxylic acids is 1. The van der Waals surface area contributed by atoms with Gasteiger partial charge in [0.2, 0.25) is 5.91 Å². The predicted octanol–water partition coefficient (Wildman–Crippen LogP) is 0.416. The molecule has 0 aliphatic carbocycles. The van der Waals surface area contributed by atoms with Gasteiger partial charge in [0.1, 0.15) is 18.2 Å². The number of aromatic carboxylic acids is 1. The van der Waals surface area contributed by atoms with Crippen LogP contribution in [0, 0.1) is 0 Å². The summed E-state index contributed by atoms with van der Waals surface area (Å²) in [7, 11) is 0. The molecule has 8 heteroatoms. The second-order valence-corrected chi connectivity index (χ2v) is 5.35. The van der Waals surface area contributed by atoms with E-state index in [0.29, 0.717) is 12.2 Å². The SMILES string of the molecule is Nc1nc(CC2CCCCC3=NCC(=O)N32)[nH]c1C(=O)O. The molecule has 4 N–H and O–H groups in total. The molecular weight excluding hydrogens is 274 g/mol. The summed E-state index contributed by atoms with van der Waals surface area (Å²) in [5.41, 5.74) is 5.49. The van der Waals surface area contributed by atoms with Crippen molar-refractivity contribution in [2.24, 2.45) is 4.99 Å². The smallest absolute Gasteiger partial charge is 0.356 e. The third kappa shape index (κ3) is 2.48. The third-order valence-corrected chi connectivity index (χ3v) is 3.92. The van der Waals surface area contributed by atoms with Gasteiger partial charge in [0.15, 0.2) is 11.5 Å². The minimum absolute atomic E-state index is 0.00915. The Balaban J connectivity index is 1.82. The van der Waals surface area contributed by atoms with E-state index in [1.165, 1.54) is 0 Å². The number of amides is 1. The highest BCUT2D eigenvalue weighted by atomic mass is 16.4. The first-order valence-electron chi connectivity index (χ1n) is 6.99. The molecule has 1 saturated heterocycles. The molecule has 1 aromatic rings. The number of hydrogen-bond acceptors (Lipinski definition) is 5. The van der Waals surface area contributed by atoms with Gasteiger partial charge in [-0.25, -0.2) is 9.78 Å². The molecule has 0 spiro atoms. The lowest BCUT2D eigenvalue weighted by Crippen LogP contribution is -2.41. The van der Waals surface area contributed by atoms with Crippen molar-refractivity contribution in [2.75, 3.05) is 12.3 Å². The van der Waals surface area contributed by atoms with Crippen LogP contribution in [0.5, 0.6) is 0 Å². The molecule has 1 atom stereocenters. The van der Waals surface area contributed by atoms with E-state index in [1.807, 2.05) is 0 Å². The number of carboxylic acid groups (broad SMARTS) is 1. The number of aliphatic imine (C=N–C) groups is 1. The zero-order valence-electron chi connectivity index (χ0n) is 11.5. The number of nitrogens with zero attached hydrogens (tertiary/aromatic N) is 3. The number of hydrogen-bond donors (Lipinski definition) is 3. The summed E-state index contributed by atoms with van der Waals surface area (Å²) in [5.74, 6) is 0.200. The summed E-state index contributed by atoms with van der Waals surface area (Å²) in [6.07, 6.45) is 4.16. The number of aromatic nitrogens is 2. The Morgan fingerprint density at radius 2 is 2.29 bits per heavy atom. The predicted molar refractivity (Wildman–Crippen MR) is 75.1 cm³/mol. The van der Waals surface area contributed by atoms with Gasteiger partial charge >= 0.3 is 5.97 Å². The van der Waals surface area contributed by atoms with Gasteiger partial charge in [0.25, 0.3) is 0 Å². The van der Waals surface area contributed by atoms with Gasteiger partial charge in [-0.3, -0.25) is 14.7 Å². The van der Waals surface area contributed by atoms with Gasteiger partial charge in [-0.2, -0.15) is 0 Å². The number of carbonyl (C=O) groups excluding carboxylic acids is 1. The van der Waals surface area contributed by atoms with Crippen LogP contribution in [0.1, 0.15) is 42.0 Å². The van der Waals surface area contributed by atoms with E-state index in [1.54, 1.807) is 4.90 Å². The molecule has 0 aromatic carbocycles. The molecule has 1 unspecified atom stereocenters. The van der Waals surface area contributed by atoms with Crippen LogP contribution in [0.25, 0.3) is 0 Å². The first-order valence-corrected chi connectivity index (χ1v) is 6.99. The molecule has 2 aliphatic heterocycles. The van der Waals surface area contributed by atoms with E-state index in [9.17, 15) is 9.59 Å². The number of carbonyl (C=O) groups is 2. The zero-order chi connectivity index (χ0) is 15.0. The third-order valence-electron chi connectivity index (χ3n) is 3.92. The number of fused-ring (bicyclic) bond motifs is 1. The lowest BCUT2D eigenvalue weighted by atomic mass is 10.1. The Hall–Kier alpha value is -2.38. The highest BCUT2D eigenvalue weighted by Crippen LogP contribution is 2.25. The number of imidazole rings is 1. The molecule has 3 heterocycles. The summed E-state index contributed by atoms with van der Waals surface area (Å²) in [5, 5.41) is 8.99. The summed E-state index contributed by atoms with van der Waals surface area (Å²) >= 11 is 0. The van der Waals surface area contributed by atoms with Gasteiger partial charge in [-0.1, -0.05) is 6.42 Å². The number of anilines is 1. The maximum atomic E-state index is 12.0. The Labute approximate surface area is 121 Å². The molecule has 3 rings (SSSR count). The van der Waals surface area contributed by atoms with Crippen molar-refractivity contribution in [1.29, 1.82) is 0 Å². The second-order valence-electron chi connectivity index (χ2n) is 5.35. The van der Waals surface area contributed by atoms with E-state index in [-0.39, 0.29) is 30.0 Å². The molecular formula is C13H17N5O3. The van der Waals surface area contributed by atoms with Crippen LogP contribution in [0.4, 0.5) is 5.82 Å². The fourth-order valence-corrected chi connectivity index (χ4v) is 2.98. The molecule has 112 valence electrons. The number of aromatic amines is 1. The molecule has 8 nitrogen and oxygen atoms in total. The van der Waals surface area contributed by atoms with Gasteiger partial charge in [-0.15, -0.1) is 0 Å². The van der Waals surface area contributed by atoms with Crippen LogP contribution in [0.15, 0.2) is 4.99 Å². The summed E-state index contributed by atoms with van der Waals surface area (Å²) in [6.45, 7) is 0.215. The normalized spacial score (nSPS) is 21.9. The van der Waals surface area contributed by atoms with Crippen LogP contribution >= 0.6 is 0 Å². The van der Waals surface area contributed by atoms with Gasteiger partial charge < -0.3 is 15.8 Å². The summed E-state index contributed by atoms with van der Waals surface area (Å²) < 4.78 is 0. The van der Waals surface area contributed by atoms with E-state index in [0.717, 1.165) is 31.5 Å². The van der Waals surface area contributed by atoms with Crippen molar-refractivity contribution in [3.05, 3.63) is 11.5 Å². The monoisotopic (exact) mass is 291 g/mol. The highest BCUT2D eigenvalue weighted by molar-refractivity contribution is 6.04. The largest absolute Gasteiger partial charge is 0.476 e. The van der Waals surface area contributed by atoms with Crippen molar-refractivity contribution in [3.63, 3.8) is 0 Å². The summed E-state index contributed by atoms with van der Waals surface area (Å²) in [6, 6.07) is -0.0338. The van der Waals surface area contributed by atoms with Crippen molar-refractivity contribution in [2.45, 2.75) is 38.1 Å². The fourth-order valence-electron chi connectivity index (χ4n) is 2.98. The Morgan fingerprint density at radius 3 is 3.00 bits per heavy atom. The number of nitrogen functional groups attached to an aromatic ring is 1. The van der Waals surface area contributed by atoms with E-state index in [2.05, 4.69) is 15.0 Å². The van der Waals surface area contributed by atoms with E-state index in [4.69, 9.17) is 10.8 Å². The molecule has 1 fully saturated rings. The maximum absolute atomic E-state index is 12.0. The summed E-state index contributed by atoms with van der Waals surface area (Å²) in [4.78, 5) is 35.8. The van der Waals surface area contributed by atoms with Gasteiger partial charge in [-0.05, 0) is 12.8 Å². The Bertz CT molecular complexity index is 621. The van der Waals surface area contributed by atoms with Crippen LogP contribution in [-0.2, 0) is 11.2 Å². The number of nitrogens with one attached hydrogen (secondary N) is 1. The van der Waals surface area contributed by atoms with E-state index < -0.39 is 5.97 Å². The van der Waals surface area contributed by atoms with Crippen molar-refractivity contribution in [3.8, 4) is 0 Å². The molecule has 0 radical (unpaired) electrons. The molecule has 21 heavy (non-hydrogen) atoms. The Kier molecular flexibility index (Phi) is 3.36. The fraction of sp³-hybridized carbons (Fsp3) is 0.538. The van der Waals surface area contributed by atoms with Crippen LogP contribution in [0.2, 0.25) is 0 Å². The van der Waals surface area contributed by atoms with Crippen molar-refractivity contribution in [1.82, 2.24) is 14.9 Å². The highest BCUT2D eigenvalue weighted by Gasteiger charge is 2.34. The molecule has 1 amide bonds. The zero-order valence-corrected chi connectivity index (χ0v) is 11.5. The minimum Gasteiger partial charge on any atom is -0.476 e. The first-order chi connectivity index (χ1) is 10.1. The molecule has 0 saturated carbocycles. The number of H-pyrrole nitrogens is 1. The number of nitrogens with two attached hydrogens (primary N) is 1. The van der Waals surface area contributed by atoms with Crippen molar-refractivity contribution < 1.29 is 14.7 Å². The average Bonchev–Trinajstić information content (AvgIpc) is 2.90. The van der Waals surface area contributed by atoms with Crippen LogP contribution in [0.3, 0.4) is 0 Å². The lowest BCUT2D eigenvalue weighted by molar-refractivity contribution is -0.126. The lowest BCUT2D eigenvalue weighted by Gasteiger charge is -2.26. The van der Waals surface area contributed by atoms with E-state index >= 15 is 0 Å². The standard InChI is InChI=1S/C13H17N5O3/c14-12-11(13(20)21)16-8(17-12)5-7-3-1-2-4-9-15-6-10(19)18(7)9/h7H,1-6,14H2,(H,16,17)(H,20,21). The molecule has 2 aliphatic rings. The topological polar surface area (TPSA) is 125 Å². The van der Waals surface area contributed by atoms with Crippen LogP contribution < -0.4 is 5.73 Å². The minimum atomic E-state index is -1.13. The Morgan fingerprint density at radius 1 is 1.48 bits per heavy atom. The molecule has 1 aromatic heterocycles. The first kappa shape index (κ1) is 13.6. The second kappa shape index (κ2) is 5.19. The van der Waals surface area contributed by atoms with Crippen molar-refractivity contribution >= 4 is 23.5 Å². The number of amidine groups is 1. The quantitative estimate of drug-likeness (QED) is 0.744. The maximum Gasteiger partial charge on any atom is 0.356 e. The van der Waals surface area contributed by atoms with Crippen LogP contribution in [-0.4, -0.2) is 50.3 Å². The number of rotatable bonds is 3. The van der Waals surface area contributed by atoms with Gasteiger partial charge in [0.05, 0.1) is 0 Å². The average molecular weight is 291 g/mol. The molecule has 0 bridgehead atoms.